The van der Waals surface area contributed by atoms with Crippen LogP contribution in [-0.4, -0.2) is 21.7 Å². The molecule has 0 fully saturated rings. The molecule has 1 aromatic carbocycles. The number of hydrogen-bond donors (Lipinski definition) is 1. The summed E-state index contributed by atoms with van der Waals surface area (Å²) in [7, 11) is 0. The molecule has 0 aliphatic rings. The van der Waals surface area contributed by atoms with Crippen molar-refractivity contribution in [1.29, 1.82) is 0 Å². The largest absolute Gasteiger partial charge is 0.444 e. The first kappa shape index (κ1) is 19.9. The molecule has 0 saturated carbocycles. The summed E-state index contributed by atoms with van der Waals surface area (Å²) in [5.41, 5.74) is 0.841. The highest BCUT2D eigenvalue weighted by Crippen LogP contribution is 2.24. The maximum atomic E-state index is 13.8. The molecular weight excluding hydrogens is 361 g/mol. The number of carbonyl (C=O) groups is 2. The van der Waals surface area contributed by atoms with E-state index in [1.165, 1.54) is 6.07 Å². The topological polar surface area (TPSA) is 73.2 Å². The number of rotatable bonds is 8. The molecule has 1 N–H and O–H groups in total. The Hall–Kier alpha value is -2.41. The molecule has 26 heavy (non-hydrogen) atoms. The predicted molar refractivity (Wildman–Crippen MR) is 96.7 cm³/mol. The van der Waals surface area contributed by atoms with E-state index in [-0.39, 0.29) is 23.0 Å². The van der Waals surface area contributed by atoms with Crippen LogP contribution in [0.1, 0.15) is 37.3 Å². The van der Waals surface area contributed by atoms with Gasteiger partial charge in [-0.25, -0.2) is 9.18 Å². The number of unbranched alkanes of at least 4 members (excludes halogenated alkanes) is 1. The number of halogens is 2. The summed E-state index contributed by atoms with van der Waals surface area (Å²) in [5, 5.41) is 6.92. The first-order chi connectivity index (χ1) is 12.4. The second-order valence-electron chi connectivity index (χ2n) is 5.98. The lowest BCUT2D eigenvalue weighted by Gasteiger charge is -2.09. The van der Waals surface area contributed by atoms with Gasteiger partial charge in [-0.2, -0.15) is 5.10 Å². The molecule has 0 unspecified atom stereocenters. The zero-order valence-corrected chi connectivity index (χ0v) is 15.5. The Bertz CT molecular complexity index is 792. The van der Waals surface area contributed by atoms with Crippen LogP contribution < -0.4 is 5.32 Å². The van der Waals surface area contributed by atoms with Gasteiger partial charge in [0, 0.05) is 30.8 Å². The van der Waals surface area contributed by atoms with Crippen LogP contribution >= 0.6 is 11.6 Å². The molecule has 2 aromatic rings. The van der Waals surface area contributed by atoms with E-state index >= 15 is 0 Å². The molecule has 8 heteroatoms. The van der Waals surface area contributed by atoms with Crippen molar-refractivity contribution in [1.82, 2.24) is 9.78 Å². The van der Waals surface area contributed by atoms with Crippen LogP contribution in [0.15, 0.2) is 24.4 Å². The van der Waals surface area contributed by atoms with Gasteiger partial charge in [0.25, 0.3) is 0 Å². The van der Waals surface area contributed by atoms with Crippen molar-refractivity contribution in [2.75, 3.05) is 5.32 Å². The second kappa shape index (κ2) is 9.33. The molecule has 2 rings (SSSR count). The van der Waals surface area contributed by atoms with Crippen LogP contribution in [0.25, 0.3) is 0 Å². The molecule has 0 bridgehead atoms. The number of ether oxygens (including phenoxy) is 1. The molecule has 1 aromatic heterocycles. The van der Waals surface area contributed by atoms with Gasteiger partial charge in [-0.1, -0.05) is 17.7 Å². The Morgan fingerprint density at radius 2 is 2.08 bits per heavy atom. The van der Waals surface area contributed by atoms with Crippen molar-refractivity contribution < 1.29 is 18.7 Å². The molecule has 140 valence electrons. The van der Waals surface area contributed by atoms with Gasteiger partial charge in [0.1, 0.15) is 18.2 Å². The first-order valence-corrected chi connectivity index (χ1v) is 8.64. The zero-order valence-electron chi connectivity index (χ0n) is 14.7. The smallest absolute Gasteiger partial charge is 0.413 e. The standard InChI is InChI=1S/C18H21ClFN3O3/c1-12-6-7-15(20)14(17(12)19)11-26-18(25)21-16-8-10-23(22-16)9-4-3-5-13(2)24/h6-8,10H,3-5,9,11H2,1-2H3,(H,21,22,25). The van der Waals surface area contributed by atoms with E-state index in [0.717, 1.165) is 12.8 Å². The molecule has 6 nitrogen and oxygen atoms in total. The minimum absolute atomic E-state index is 0.137. The van der Waals surface area contributed by atoms with Crippen LogP contribution in [0.2, 0.25) is 5.02 Å². The van der Waals surface area contributed by atoms with E-state index in [1.54, 1.807) is 36.9 Å². The number of hydrogen-bond acceptors (Lipinski definition) is 4. The van der Waals surface area contributed by atoms with Crippen molar-refractivity contribution in [3.8, 4) is 0 Å². The summed E-state index contributed by atoms with van der Waals surface area (Å²) < 4.78 is 20.5. The minimum atomic E-state index is -0.746. The molecule has 0 aliphatic carbocycles. The number of anilines is 1. The van der Waals surface area contributed by atoms with E-state index < -0.39 is 11.9 Å². The first-order valence-electron chi connectivity index (χ1n) is 8.27. The highest BCUT2D eigenvalue weighted by Gasteiger charge is 2.13. The second-order valence-corrected chi connectivity index (χ2v) is 6.36. The molecule has 0 atom stereocenters. The van der Waals surface area contributed by atoms with Gasteiger partial charge in [-0.3, -0.25) is 10.00 Å². The number of Topliss-reactive ketones (excluding diaryl/α,β-unsaturated/α-hetero) is 1. The Morgan fingerprint density at radius 1 is 1.31 bits per heavy atom. The summed E-state index contributed by atoms with van der Waals surface area (Å²) in [6.07, 6.45) is 3.14. The Kier molecular flexibility index (Phi) is 7.15. The Labute approximate surface area is 156 Å². The van der Waals surface area contributed by atoms with Crippen molar-refractivity contribution in [2.24, 2.45) is 0 Å². The quantitative estimate of drug-likeness (QED) is 0.683. The summed E-state index contributed by atoms with van der Waals surface area (Å²) in [4.78, 5) is 22.7. The third-order valence-electron chi connectivity index (χ3n) is 3.76. The summed E-state index contributed by atoms with van der Waals surface area (Å²) in [6, 6.07) is 4.47. The fourth-order valence-electron chi connectivity index (χ4n) is 2.33. The van der Waals surface area contributed by atoms with Gasteiger partial charge in [0.15, 0.2) is 5.82 Å². The van der Waals surface area contributed by atoms with Gasteiger partial charge in [0.2, 0.25) is 0 Å². The van der Waals surface area contributed by atoms with E-state index in [2.05, 4.69) is 10.4 Å². The van der Waals surface area contributed by atoms with Crippen molar-refractivity contribution in [3.63, 3.8) is 0 Å². The molecule has 0 aliphatic heterocycles. The van der Waals surface area contributed by atoms with Crippen LogP contribution in [0.3, 0.4) is 0 Å². The average Bonchev–Trinajstić information content (AvgIpc) is 3.02. The number of benzene rings is 1. The van der Waals surface area contributed by atoms with Gasteiger partial charge >= 0.3 is 6.09 Å². The highest BCUT2D eigenvalue weighted by atomic mass is 35.5. The molecule has 0 radical (unpaired) electrons. The third kappa shape index (κ3) is 5.84. The van der Waals surface area contributed by atoms with Crippen molar-refractivity contribution >= 4 is 29.3 Å². The van der Waals surface area contributed by atoms with Gasteiger partial charge in [-0.15, -0.1) is 0 Å². The predicted octanol–water partition coefficient (Wildman–Crippen LogP) is 4.49. The van der Waals surface area contributed by atoms with Crippen molar-refractivity contribution in [3.05, 3.63) is 46.4 Å². The Balaban J connectivity index is 1.82. The summed E-state index contributed by atoms with van der Waals surface area (Å²) >= 11 is 6.04. The number of ketones is 1. The number of nitrogens with one attached hydrogen (secondary N) is 1. The average molecular weight is 382 g/mol. The highest BCUT2D eigenvalue weighted by molar-refractivity contribution is 6.32. The lowest BCUT2D eigenvalue weighted by atomic mass is 10.1. The van der Waals surface area contributed by atoms with Crippen LogP contribution in [0.4, 0.5) is 15.0 Å². The lowest BCUT2D eigenvalue weighted by molar-refractivity contribution is -0.117. The van der Waals surface area contributed by atoms with E-state index in [0.29, 0.717) is 24.3 Å². The molecule has 0 spiro atoms. The van der Waals surface area contributed by atoms with Crippen LogP contribution in [0.5, 0.6) is 0 Å². The minimum Gasteiger partial charge on any atom is -0.444 e. The molecule has 1 amide bonds. The normalized spacial score (nSPS) is 10.6. The van der Waals surface area contributed by atoms with E-state index in [9.17, 15) is 14.0 Å². The van der Waals surface area contributed by atoms with Gasteiger partial charge < -0.3 is 9.53 Å². The van der Waals surface area contributed by atoms with E-state index in [1.807, 2.05) is 0 Å². The Morgan fingerprint density at radius 3 is 2.81 bits per heavy atom. The fourth-order valence-corrected chi connectivity index (χ4v) is 2.53. The number of carbonyl (C=O) groups excluding carboxylic acids is 2. The van der Waals surface area contributed by atoms with Gasteiger partial charge in [-0.05, 0) is 38.3 Å². The summed E-state index contributed by atoms with van der Waals surface area (Å²) in [6.45, 7) is 3.68. The summed E-state index contributed by atoms with van der Waals surface area (Å²) in [5.74, 6) is -0.0265. The monoisotopic (exact) mass is 381 g/mol. The third-order valence-corrected chi connectivity index (χ3v) is 4.29. The van der Waals surface area contributed by atoms with Crippen LogP contribution in [0, 0.1) is 12.7 Å². The molecule has 1 heterocycles. The SMILES string of the molecule is CC(=O)CCCCn1ccc(NC(=O)OCc2c(F)ccc(C)c2Cl)n1. The zero-order chi connectivity index (χ0) is 19.1. The van der Waals surface area contributed by atoms with Crippen molar-refractivity contribution in [2.45, 2.75) is 46.3 Å². The van der Waals surface area contributed by atoms with Gasteiger partial charge in [0.05, 0.1) is 5.02 Å². The maximum Gasteiger partial charge on any atom is 0.413 e. The fraction of sp³-hybridized carbons (Fsp3) is 0.389. The van der Waals surface area contributed by atoms with E-state index in [4.69, 9.17) is 16.3 Å². The lowest BCUT2D eigenvalue weighted by Crippen LogP contribution is -2.15. The number of amides is 1. The molecular formula is C18H21ClFN3O3. The maximum absolute atomic E-state index is 13.8. The molecule has 0 saturated heterocycles. The van der Waals surface area contributed by atoms with Crippen LogP contribution in [-0.2, 0) is 22.7 Å². The number of aryl methyl sites for hydroxylation is 2. The number of nitrogens with zero attached hydrogens (tertiary/aromatic N) is 2. The number of aromatic nitrogens is 2.